The Morgan fingerprint density at radius 3 is 2.94 bits per heavy atom. The standard InChI is InChI=1S/C12H21N5O/c1-3-17(4-2)12-15-11(9-14-16-12)13-8-10-6-5-7-18-10/h9-10H,3-8H2,1-2H3,(H,13,15,16). The zero-order valence-electron chi connectivity index (χ0n) is 11.1. The predicted molar refractivity (Wildman–Crippen MR) is 70.9 cm³/mol. The van der Waals surface area contributed by atoms with Crippen molar-refractivity contribution in [2.75, 3.05) is 36.5 Å². The molecule has 0 spiro atoms. The molecule has 0 aromatic carbocycles. The minimum atomic E-state index is 0.303. The second-order valence-electron chi connectivity index (χ2n) is 4.33. The highest BCUT2D eigenvalue weighted by atomic mass is 16.5. The number of hydrogen-bond acceptors (Lipinski definition) is 6. The summed E-state index contributed by atoms with van der Waals surface area (Å²) in [6.07, 6.45) is 4.23. The molecule has 1 aromatic rings. The Morgan fingerprint density at radius 2 is 2.28 bits per heavy atom. The summed E-state index contributed by atoms with van der Waals surface area (Å²) in [5.74, 6) is 1.44. The van der Waals surface area contributed by atoms with Gasteiger partial charge in [-0.1, -0.05) is 0 Å². The molecule has 1 aliphatic heterocycles. The lowest BCUT2D eigenvalue weighted by Gasteiger charge is -2.18. The molecule has 6 nitrogen and oxygen atoms in total. The lowest BCUT2D eigenvalue weighted by Crippen LogP contribution is -2.25. The first kappa shape index (κ1) is 13.0. The van der Waals surface area contributed by atoms with Crippen molar-refractivity contribution in [3.8, 4) is 0 Å². The molecule has 1 N–H and O–H groups in total. The van der Waals surface area contributed by atoms with Gasteiger partial charge in [0.15, 0.2) is 5.82 Å². The van der Waals surface area contributed by atoms with Crippen molar-refractivity contribution in [3.63, 3.8) is 0 Å². The first-order valence-electron chi connectivity index (χ1n) is 6.63. The van der Waals surface area contributed by atoms with E-state index in [1.807, 2.05) is 0 Å². The fourth-order valence-electron chi connectivity index (χ4n) is 2.04. The van der Waals surface area contributed by atoms with Crippen LogP contribution in [0.2, 0.25) is 0 Å². The van der Waals surface area contributed by atoms with Crippen LogP contribution >= 0.6 is 0 Å². The summed E-state index contributed by atoms with van der Waals surface area (Å²) in [5, 5.41) is 11.3. The summed E-state index contributed by atoms with van der Waals surface area (Å²) in [6, 6.07) is 0. The maximum Gasteiger partial charge on any atom is 0.247 e. The molecule has 6 heteroatoms. The molecule has 2 rings (SSSR count). The first-order valence-corrected chi connectivity index (χ1v) is 6.63. The van der Waals surface area contributed by atoms with Crippen LogP contribution in [0.4, 0.5) is 11.8 Å². The zero-order chi connectivity index (χ0) is 12.8. The molecule has 1 atom stereocenters. The molecule has 0 bridgehead atoms. The van der Waals surface area contributed by atoms with Gasteiger partial charge in [0.25, 0.3) is 0 Å². The van der Waals surface area contributed by atoms with Gasteiger partial charge < -0.3 is 15.0 Å². The SMILES string of the molecule is CCN(CC)c1nncc(NCC2CCCO2)n1. The van der Waals surface area contributed by atoms with Gasteiger partial charge in [0, 0.05) is 26.2 Å². The number of nitrogens with zero attached hydrogens (tertiary/aromatic N) is 4. The second kappa shape index (κ2) is 6.49. The highest BCUT2D eigenvalue weighted by molar-refractivity contribution is 5.38. The van der Waals surface area contributed by atoms with E-state index in [0.29, 0.717) is 12.1 Å². The van der Waals surface area contributed by atoms with E-state index in [4.69, 9.17) is 4.74 Å². The summed E-state index contributed by atoms with van der Waals surface area (Å²) in [7, 11) is 0. The van der Waals surface area contributed by atoms with Crippen molar-refractivity contribution in [2.45, 2.75) is 32.8 Å². The van der Waals surface area contributed by atoms with Crippen LogP contribution < -0.4 is 10.2 Å². The van der Waals surface area contributed by atoms with E-state index in [2.05, 4.69) is 39.2 Å². The number of ether oxygens (including phenoxy) is 1. The van der Waals surface area contributed by atoms with Crippen molar-refractivity contribution in [2.24, 2.45) is 0 Å². The van der Waals surface area contributed by atoms with Gasteiger partial charge in [-0.15, -0.1) is 5.10 Å². The van der Waals surface area contributed by atoms with Gasteiger partial charge in [-0.25, -0.2) is 0 Å². The third-order valence-corrected chi connectivity index (χ3v) is 3.13. The van der Waals surface area contributed by atoms with Crippen molar-refractivity contribution in [1.82, 2.24) is 15.2 Å². The Labute approximate surface area is 108 Å². The van der Waals surface area contributed by atoms with Crippen LogP contribution in [0.3, 0.4) is 0 Å². The largest absolute Gasteiger partial charge is 0.376 e. The predicted octanol–water partition coefficient (Wildman–Crippen LogP) is 1.31. The van der Waals surface area contributed by atoms with E-state index < -0.39 is 0 Å². The summed E-state index contributed by atoms with van der Waals surface area (Å²) < 4.78 is 5.56. The molecule has 18 heavy (non-hydrogen) atoms. The Hall–Kier alpha value is -1.43. The average Bonchev–Trinajstić information content (AvgIpc) is 2.92. The topological polar surface area (TPSA) is 63.2 Å². The fraction of sp³-hybridized carbons (Fsp3) is 0.750. The Balaban J connectivity index is 1.93. The summed E-state index contributed by atoms with van der Waals surface area (Å²) in [6.45, 7) is 7.59. The molecular weight excluding hydrogens is 230 g/mol. The van der Waals surface area contributed by atoms with Crippen LogP contribution in [-0.4, -0.2) is 47.5 Å². The van der Waals surface area contributed by atoms with Gasteiger partial charge in [-0.2, -0.15) is 10.1 Å². The second-order valence-corrected chi connectivity index (χ2v) is 4.33. The van der Waals surface area contributed by atoms with E-state index in [1.54, 1.807) is 6.20 Å². The quantitative estimate of drug-likeness (QED) is 0.822. The lowest BCUT2D eigenvalue weighted by molar-refractivity contribution is 0.120. The Morgan fingerprint density at radius 1 is 1.44 bits per heavy atom. The van der Waals surface area contributed by atoms with Crippen molar-refractivity contribution >= 4 is 11.8 Å². The number of aromatic nitrogens is 3. The number of anilines is 2. The average molecular weight is 251 g/mol. The summed E-state index contributed by atoms with van der Waals surface area (Å²) in [5.41, 5.74) is 0. The Kier molecular flexibility index (Phi) is 4.69. The van der Waals surface area contributed by atoms with Gasteiger partial charge in [-0.05, 0) is 26.7 Å². The molecule has 0 radical (unpaired) electrons. The fourth-order valence-corrected chi connectivity index (χ4v) is 2.04. The van der Waals surface area contributed by atoms with Crippen molar-refractivity contribution < 1.29 is 4.74 Å². The van der Waals surface area contributed by atoms with E-state index in [-0.39, 0.29) is 0 Å². The highest BCUT2D eigenvalue weighted by Crippen LogP contribution is 2.13. The monoisotopic (exact) mass is 251 g/mol. The molecular formula is C12H21N5O. The van der Waals surface area contributed by atoms with E-state index in [0.717, 1.165) is 44.9 Å². The van der Waals surface area contributed by atoms with Gasteiger partial charge in [0.05, 0.1) is 12.3 Å². The van der Waals surface area contributed by atoms with Crippen LogP contribution in [0.5, 0.6) is 0 Å². The zero-order valence-corrected chi connectivity index (χ0v) is 11.1. The molecule has 1 aromatic heterocycles. The van der Waals surface area contributed by atoms with Crippen LogP contribution in [-0.2, 0) is 4.74 Å². The summed E-state index contributed by atoms with van der Waals surface area (Å²) in [4.78, 5) is 6.54. The number of hydrogen-bond donors (Lipinski definition) is 1. The Bertz CT molecular complexity index is 363. The smallest absolute Gasteiger partial charge is 0.247 e. The van der Waals surface area contributed by atoms with Gasteiger partial charge in [0.2, 0.25) is 5.95 Å². The van der Waals surface area contributed by atoms with Gasteiger partial charge in [0.1, 0.15) is 0 Å². The normalized spacial score (nSPS) is 18.9. The van der Waals surface area contributed by atoms with Crippen molar-refractivity contribution in [1.29, 1.82) is 0 Å². The maximum absolute atomic E-state index is 5.56. The highest BCUT2D eigenvalue weighted by Gasteiger charge is 2.15. The number of nitrogens with one attached hydrogen (secondary N) is 1. The molecule has 1 unspecified atom stereocenters. The molecule has 2 heterocycles. The van der Waals surface area contributed by atoms with Crippen LogP contribution in [0.1, 0.15) is 26.7 Å². The third-order valence-electron chi connectivity index (χ3n) is 3.13. The molecule has 0 aliphatic carbocycles. The van der Waals surface area contributed by atoms with Crippen LogP contribution in [0.15, 0.2) is 6.20 Å². The van der Waals surface area contributed by atoms with Crippen molar-refractivity contribution in [3.05, 3.63) is 6.20 Å². The van der Waals surface area contributed by atoms with Crippen LogP contribution in [0.25, 0.3) is 0 Å². The molecule has 0 amide bonds. The molecule has 100 valence electrons. The molecule has 1 fully saturated rings. The maximum atomic E-state index is 5.56. The number of rotatable bonds is 6. The molecule has 1 saturated heterocycles. The van der Waals surface area contributed by atoms with Gasteiger partial charge >= 0.3 is 0 Å². The molecule has 1 aliphatic rings. The lowest BCUT2D eigenvalue weighted by atomic mass is 10.2. The van der Waals surface area contributed by atoms with E-state index in [1.165, 1.54) is 0 Å². The van der Waals surface area contributed by atoms with Crippen LogP contribution in [0, 0.1) is 0 Å². The van der Waals surface area contributed by atoms with Gasteiger partial charge in [-0.3, -0.25) is 0 Å². The third kappa shape index (κ3) is 3.29. The minimum absolute atomic E-state index is 0.303. The van der Waals surface area contributed by atoms with E-state index >= 15 is 0 Å². The molecule has 0 saturated carbocycles. The van der Waals surface area contributed by atoms with E-state index in [9.17, 15) is 0 Å². The minimum Gasteiger partial charge on any atom is -0.376 e. The first-order chi connectivity index (χ1) is 8.83. The summed E-state index contributed by atoms with van der Waals surface area (Å²) >= 11 is 0.